The molecule has 10 heteroatoms. The van der Waals surface area contributed by atoms with Crippen LogP contribution in [0, 0.1) is 13.8 Å². The summed E-state index contributed by atoms with van der Waals surface area (Å²) in [6.07, 6.45) is 4.58. The molecule has 0 aliphatic heterocycles. The number of esters is 1. The normalized spacial score (nSPS) is 11.6. The van der Waals surface area contributed by atoms with E-state index in [1.807, 2.05) is 13.0 Å². The van der Waals surface area contributed by atoms with Crippen LogP contribution in [0.1, 0.15) is 21.9 Å². The summed E-state index contributed by atoms with van der Waals surface area (Å²) in [6.45, 7) is 3.63. The monoisotopic (exact) mass is 488 g/mol. The molecular formula is C25H20N4O5S. The van der Waals surface area contributed by atoms with Crippen molar-refractivity contribution in [3.05, 3.63) is 84.3 Å². The van der Waals surface area contributed by atoms with Crippen LogP contribution in [0.15, 0.2) is 76.5 Å². The van der Waals surface area contributed by atoms with Crippen LogP contribution in [0.3, 0.4) is 0 Å². The molecule has 0 spiro atoms. The zero-order chi connectivity index (χ0) is 24.7. The van der Waals surface area contributed by atoms with Crippen molar-refractivity contribution in [2.75, 3.05) is 7.11 Å². The van der Waals surface area contributed by atoms with Crippen molar-refractivity contribution in [1.82, 2.24) is 19.1 Å². The third kappa shape index (κ3) is 3.77. The number of methoxy groups -OCH3 is 1. The highest BCUT2D eigenvalue weighted by molar-refractivity contribution is 7.90. The van der Waals surface area contributed by atoms with Crippen LogP contribution in [-0.4, -0.2) is 40.6 Å². The van der Waals surface area contributed by atoms with Gasteiger partial charge < -0.3 is 9.26 Å². The Morgan fingerprint density at radius 2 is 1.80 bits per heavy atom. The van der Waals surface area contributed by atoms with E-state index in [9.17, 15) is 13.2 Å². The van der Waals surface area contributed by atoms with Crippen molar-refractivity contribution in [3.63, 3.8) is 0 Å². The van der Waals surface area contributed by atoms with Crippen molar-refractivity contribution in [2.24, 2.45) is 0 Å². The van der Waals surface area contributed by atoms with E-state index >= 15 is 0 Å². The summed E-state index contributed by atoms with van der Waals surface area (Å²) in [5.41, 5.74) is 3.71. The van der Waals surface area contributed by atoms with Crippen molar-refractivity contribution < 1.29 is 22.5 Å². The molecule has 0 bridgehead atoms. The molecule has 0 aliphatic rings. The number of carbonyl (C=O) groups excluding carboxylic acids is 1. The topological polar surface area (TPSA) is 117 Å². The summed E-state index contributed by atoms with van der Waals surface area (Å²) in [6, 6.07) is 13.2. The van der Waals surface area contributed by atoms with Gasteiger partial charge in [0.1, 0.15) is 11.5 Å². The van der Waals surface area contributed by atoms with Crippen LogP contribution in [0.2, 0.25) is 0 Å². The van der Waals surface area contributed by atoms with Gasteiger partial charge in [-0.2, -0.15) is 0 Å². The average molecular weight is 489 g/mol. The molecule has 0 N–H and O–H groups in total. The smallest absolute Gasteiger partial charge is 0.356 e. The van der Waals surface area contributed by atoms with Crippen molar-refractivity contribution in [1.29, 1.82) is 0 Å². The number of rotatable bonds is 5. The van der Waals surface area contributed by atoms with E-state index in [0.29, 0.717) is 28.0 Å². The summed E-state index contributed by atoms with van der Waals surface area (Å²) in [5, 5.41) is 4.59. The maximum Gasteiger partial charge on any atom is 0.356 e. The predicted molar refractivity (Wildman–Crippen MR) is 128 cm³/mol. The molecule has 5 aromatic rings. The van der Waals surface area contributed by atoms with E-state index < -0.39 is 16.0 Å². The Kier molecular flexibility index (Phi) is 5.45. The van der Waals surface area contributed by atoms with E-state index in [-0.39, 0.29) is 16.2 Å². The first kappa shape index (κ1) is 22.5. The van der Waals surface area contributed by atoms with Crippen molar-refractivity contribution in [2.45, 2.75) is 18.7 Å². The lowest BCUT2D eigenvalue weighted by atomic mass is 10.0. The number of nitrogens with zero attached hydrogens (tertiary/aromatic N) is 4. The Bertz CT molecular complexity index is 1670. The van der Waals surface area contributed by atoms with E-state index in [1.54, 1.807) is 43.5 Å². The van der Waals surface area contributed by atoms with Crippen LogP contribution >= 0.6 is 0 Å². The molecule has 9 nitrogen and oxygen atoms in total. The molecule has 4 aromatic heterocycles. The molecule has 0 fully saturated rings. The molecule has 1 aromatic carbocycles. The van der Waals surface area contributed by atoms with Gasteiger partial charge in [0.15, 0.2) is 5.65 Å². The lowest BCUT2D eigenvalue weighted by Crippen LogP contribution is -2.12. The number of benzene rings is 1. The maximum absolute atomic E-state index is 13.5. The quantitative estimate of drug-likeness (QED) is 0.334. The third-order valence-corrected chi connectivity index (χ3v) is 7.36. The zero-order valence-electron chi connectivity index (χ0n) is 19.1. The molecule has 0 saturated carbocycles. The number of aromatic nitrogens is 4. The van der Waals surface area contributed by atoms with Gasteiger partial charge in [0.25, 0.3) is 10.0 Å². The standard InChI is InChI=1S/C25H20N4O5S/c1-15-23(16(2)34-28-15)18-11-20-21(17-9-10-26-22(12-17)25(30)33-3)14-29(24(20)27-13-18)35(31,32)19-7-5-4-6-8-19/h4-14H,1-3H3. The Labute approximate surface area is 201 Å². The highest BCUT2D eigenvalue weighted by Crippen LogP contribution is 2.36. The first-order valence-electron chi connectivity index (χ1n) is 10.6. The SMILES string of the molecule is COC(=O)c1cc(-c2cn(S(=O)(=O)c3ccccc3)c3ncc(-c4c(C)noc4C)cc23)ccn1. The number of pyridine rings is 2. The van der Waals surface area contributed by atoms with Crippen LogP contribution in [0.25, 0.3) is 33.3 Å². The molecule has 0 radical (unpaired) electrons. The number of carbonyl (C=O) groups is 1. The summed E-state index contributed by atoms with van der Waals surface area (Å²) < 4.78 is 38.4. The number of hydrogen-bond acceptors (Lipinski definition) is 8. The molecule has 0 amide bonds. The number of fused-ring (bicyclic) bond motifs is 1. The van der Waals surface area contributed by atoms with Crippen LogP contribution < -0.4 is 0 Å². The Balaban J connectivity index is 1.80. The first-order chi connectivity index (χ1) is 16.8. The van der Waals surface area contributed by atoms with Gasteiger partial charge in [0, 0.05) is 40.7 Å². The molecule has 0 unspecified atom stereocenters. The van der Waals surface area contributed by atoms with Crippen molar-refractivity contribution >= 4 is 27.0 Å². The van der Waals surface area contributed by atoms with Gasteiger partial charge in [-0.05, 0) is 49.7 Å². The second-order valence-corrected chi connectivity index (χ2v) is 9.69. The Hall–Kier alpha value is -4.31. The number of ether oxygens (including phenoxy) is 1. The van der Waals surface area contributed by atoms with Crippen molar-refractivity contribution in [3.8, 4) is 22.3 Å². The molecule has 5 rings (SSSR count). The predicted octanol–water partition coefficient (Wildman–Crippen LogP) is 4.39. The van der Waals surface area contributed by atoms with Crippen LogP contribution in [0.5, 0.6) is 0 Å². The summed E-state index contributed by atoms with van der Waals surface area (Å²) >= 11 is 0. The second-order valence-electron chi connectivity index (χ2n) is 7.87. The Morgan fingerprint density at radius 3 is 2.49 bits per heavy atom. The molecule has 0 atom stereocenters. The van der Waals surface area contributed by atoms with Gasteiger partial charge >= 0.3 is 5.97 Å². The van der Waals surface area contributed by atoms with E-state index in [4.69, 9.17) is 9.26 Å². The van der Waals surface area contributed by atoms with Gasteiger partial charge in [-0.3, -0.25) is 0 Å². The van der Waals surface area contributed by atoms with Crippen LogP contribution in [0.4, 0.5) is 0 Å². The molecule has 4 heterocycles. The van der Waals surface area contributed by atoms with Gasteiger partial charge in [0.05, 0.1) is 17.7 Å². The molecule has 0 saturated heterocycles. The minimum absolute atomic E-state index is 0.103. The van der Waals surface area contributed by atoms with Gasteiger partial charge in [-0.15, -0.1) is 0 Å². The number of aryl methyl sites for hydroxylation is 2. The summed E-state index contributed by atoms with van der Waals surface area (Å²) in [7, 11) is -2.68. The fourth-order valence-electron chi connectivity index (χ4n) is 4.04. The van der Waals surface area contributed by atoms with E-state index in [1.165, 1.54) is 31.6 Å². The first-order valence-corrected chi connectivity index (χ1v) is 12.0. The molecule has 176 valence electrons. The minimum Gasteiger partial charge on any atom is -0.464 e. The van der Waals surface area contributed by atoms with E-state index in [2.05, 4.69) is 15.1 Å². The van der Waals surface area contributed by atoms with E-state index in [0.717, 1.165) is 15.1 Å². The Morgan fingerprint density at radius 1 is 1.03 bits per heavy atom. The molecular weight excluding hydrogens is 468 g/mol. The lowest BCUT2D eigenvalue weighted by Gasteiger charge is -2.07. The van der Waals surface area contributed by atoms with Gasteiger partial charge in [0.2, 0.25) is 0 Å². The average Bonchev–Trinajstić information content (AvgIpc) is 3.43. The summed E-state index contributed by atoms with van der Waals surface area (Å²) in [4.78, 5) is 20.8. The number of hydrogen-bond donors (Lipinski definition) is 0. The third-order valence-electron chi connectivity index (χ3n) is 5.70. The highest BCUT2D eigenvalue weighted by atomic mass is 32.2. The highest BCUT2D eigenvalue weighted by Gasteiger charge is 2.24. The second kappa shape index (κ2) is 8.48. The molecule has 0 aliphatic carbocycles. The largest absolute Gasteiger partial charge is 0.464 e. The molecule has 35 heavy (non-hydrogen) atoms. The fraction of sp³-hybridized carbons (Fsp3) is 0.120. The minimum atomic E-state index is -3.95. The summed E-state index contributed by atoms with van der Waals surface area (Å²) in [5.74, 6) is 0.0282. The van der Waals surface area contributed by atoms with Gasteiger partial charge in [-0.25, -0.2) is 27.2 Å². The zero-order valence-corrected chi connectivity index (χ0v) is 19.9. The van der Waals surface area contributed by atoms with Gasteiger partial charge in [-0.1, -0.05) is 23.4 Å². The fourth-order valence-corrected chi connectivity index (χ4v) is 5.39. The maximum atomic E-state index is 13.5. The van der Waals surface area contributed by atoms with Crippen LogP contribution in [-0.2, 0) is 14.8 Å². The lowest BCUT2D eigenvalue weighted by molar-refractivity contribution is 0.0594.